The van der Waals surface area contributed by atoms with Gasteiger partial charge in [-0.3, -0.25) is 4.79 Å². The Kier molecular flexibility index (Phi) is 7.05. The fourth-order valence-corrected chi connectivity index (χ4v) is 2.58. The van der Waals surface area contributed by atoms with Crippen molar-refractivity contribution >= 4 is 11.9 Å². The third-order valence-corrected chi connectivity index (χ3v) is 3.94. The van der Waals surface area contributed by atoms with E-state index in [1.807, 2.05) is 6.92 Å². The lowest BCUT2D eigenvalue weighted by atomic mass is 10.1. The molecule has 0 heterocycles. The summed E-state index contributed by atoms with van der Waals surface area (Å²) in [5, 5.41) is 11.9. The van der Waals surface area contributed by atoms with E-state index in [-0.39, 0.29) is 11.5 Å². The zero-order valence-electron chi connectivity index (χ0n) is 15.6. The van der Waals surface area contributed by atoms with Crippen LogP contribution in [0.5, 0.6) is 17.2 Å². The number of carboxylic acid groups (broad SMARTS) is 1. The zero-order chi connectivity index (χ0) is 19.8. The van der Waals surface area contributed by atoms with Crippen LogP contribution in [0, 0.1) is 0 Å². The molecule has 0 aliphatic heterocycles. The minimum atomic E-state index is -1.02. The van der Waals surface area contributed by atoms with Crippen LogP contribution in [0.3, 0.4) is 0 Å². The van der Waals surface area contributed by atoms with Gasteiger partial charge in [0.1, 0.15) is 5.75 Å². The number of aromatic carboxylic acids is 1. The third kappa shape index (κ3) is 5.13. The molecular weight excluding hydrogens is 350 g/mol. The Morgan fingerprint density at radius 2 is 1.63 bits per heavy atom. The molecule has 0 aromatic heterocycles. The topological polar surface area (TPSA) is 94.1 Å². The fourth-order valence-electron chi connectivity index (χ4n) is 2.58. The number of carbonyl (C=O) groups is 2. The lowest BCUT2D eigenvalue weighted by molar-refractivity contribution is 0.0696. The van der Waals surface area contributed by atoms with E-state index in [2.05, 4.69) is 5.32 Å². The summed E-state index contributed by atoms with van der Waals surface area (Å²) >= 11 is 0. The number of carboxylic acids is 1. The Hall–Kier alpha value is -3.22. The molecule has 0 aliphatic rings. The van der Waals surface area contributed by atoms with Gasteiger partial charge in [-0.2, -0.15) is 0 Å². The number of hydrogen-bond donors (Lipinski definition) is 2. The molecule has 0 atom stereocenters. The molecule has 0 spiro atoms. The Morgan fingerprint density at radius 3 is 2.26 bits per heavy atom. The minimum Gasteiger partial charge on any atom is -0.496 e. The van der Waals surface area contributed by atoms with Crippen LogP contribution in [0.1, 0.15) is 33.2 Å². The van der Waals surface area contributed by atoms with Gasteiger partial charge in [0.2, 0.25) is 0 Å². The van der Waals surface area contributed by atoms with Crippen LogP contribution in [-0.4, -0.2) is 44.4 Å². The van der Waals surface area contributed by atoms with Gasteiger partial charge in [-0.05, 0) is 49.2 Å². The van der Waals surface area contributed by atoms with E-state index in [1.54, 1.807) is 24.3 Å². The SMILES string of the molecule is CCOc1ccc(C(=O)NCCc2ccc(C(=O)O)cc2OC)cc1OC. The normalized spacial score (nSPS) is 10.2. The summed E-state index contributed by atoms with van der Waals surface area (Å²) in [6.07, 6.45) is 0.503. The molecule has 0 unspecified atom stereocenters. The van der Waals surface area contributed by atoms with E-state index < -0.39 is 5.97 Å². The van der Waals surface area contributed by atoms with Crippen LogP contribution in [0.15, 0.2) is 36.4 Å². The van der Waals surface area contributed by atoms with E-state index >= 15 is 0 Å². The van der Waals surface area contributed by atoms with E-state index in [1.165, 1.54) is 26.4 Å². The summed E-state index contributed by atoms with van der Waals surface area (Å²) in [7, 11) is 3.00. The standard InChI is InChI=1S/C20H23NO6/c1-4-27-16-8-7-14(11-18(16)26-3)19(22)21-10-9-13-5-6-15(20(23)24)12-17(13)25-2/h5-8,11-12H,4,9-10H2,1-3H3,(H,21,22)(H,23,24). The van der Waals surface area contributed by atoms with E-state index in [4.69, 9.17) is 19.3 Å². The molecule has 0 fully saturated rings. The second-order valence-corrected chi connectivity index (χ2v) is 5.64. The molecule has 0 aliphatic carbocycles. The molecule has 2 rings (SSSR count). The van der Waals surface area contributed by atoms with Crippen molar-refractivity contribution in [2.45, 2.75) is 13.3 Å². The molecule has 2 aromatic rings. The Labute approximate surface area is 157 Å². The largest absolute Gasteiger partial charge is 0.496 e. The Morgan fingerprint density at radius 1 is 0.963 bits per heavy atom. The molecule has 7 nitrogen and oxygen atoms in total. The molecule has 7 heteroatoms. The maximum absolute atomic E-state index is 12.4. The lowest BCUT2D eigenvalue weighted by Gasteiger charge is -2.12. The molecule has 144 valence electrons. The molecule has 2 aromatic carbocycles. The fraction of sp³-hybridized carbons (Fsp3) is 0.300. The summed E-state index contributed by atoms with van der Waals surface area (Å²) in [6.45, 7) is 2.75. The predicted octanol–water partition coefficient (Wildman–Crippen LogP) is 2.77. The van der Waals surface area contributed by atoms with Crippen LogP contribution in [0.25, 0.3) is 0 Å². The monoisotopic (exact) mass is 373 g/mol. The summed E-state index contributed by atoms with van der Waals surface area (Å²) in [4.78, 5) is 23.4. The highest BCUT2D eigenvalue weighted by Crippen LogP contribution is 2.28. The molecule has 1 amide bonds. The summed E-state index contributed by atoms with van der Waals surface area (Å²) in [6, 6.07) is 9.67. The average molecular weight is 373 g/mol. The highest BCUT2D eigenvalue weighted by Gasteiger charge is 2.12. The molecular formula is C20H23NO6. The van der Waals surface area contributed by atoms with E-state index in [0.717, 1.165) is 5.56 Å². The van der Waals surface area contributed by atoms with Crippen LogP contribution in [-0.2, 0) is 6.42 Å². The molecule has 2 N–H and O–H groups in total. The van der Waals surface area contributed by atoms with Crippen molar-refractivity contribution in [1.82, 2.24) is 5.32 Å². The van der Waals surface area contributed by atoms with Gasteiger partial charge in [-0.25, -0.2) is 4.79 Å². The van der Waals surface area contributed by atoms with Crippen LogP contribution >= 0.6 is 0 Å². The minimum absolute atomic E-state index is 0.154. The van der Waals surface area contributed by atoms with Crippen LogP contribution in [0.2, 0.25) is 0 Å². The van der Waals surface area contributed by atoms with Gasteiger partial charge in [0.15, 0.2) is 11.5 Å². The number of methoxy groups -OCH3 is 2. The van der Waals surface area contributed by atoms with Crippen molar-refractivity contribution in [3.05, 3.63) is 53.1 Å². The summed E-state index contributed by atoms with van der Waals surface area (Å²) in [5.41, 5.74) is 1.43. The second-order valence-electron chi connectivity index (χ2n) is 5.64. The first-order valence-corrected chi connectivity index (χ1v) is 8.49. The zero-order valence-corrected chi connectivity index (χ0v) is 15.6. The Bertz CT molecular complexity index is 818. The second kappa shape index (κ2) is 9.47. The van der Waals surface area contributed by atoms with Crippen molar-refractivity contribution in [3.63, 3.8) is 0 Å². The van der Waals surface area contributed by atoms with Crippen molar-refractivity contribution in [2.24, 2.45) is 0 Å². The van der Waals surface area contributed by atoms with Gasteiger partial charge in [0.05, 0.1) is 26.4 Å². The summed E-state index contributed by atoms with van der Waals surface area (Å²) in [5.74, 6) is 0.303. The van der Waals surface area contributed by atoms with Crippen molar-refractivity contribution in [1.29, 1.82) is 0 Å². The first-order valence-electron chi connectivity index (χ1n) is 8.49. The van der Waals surface area contributed by atoms with Gasteiger partial charge in [0, 0.05) is 12.1 Å². The average Bonchev–Trinajstić information content (AvgIpc) is 2.68. The number of nitrogens with one attached hydrogen (secondary N) is 1. The van der Waals surface area contributed by atoms with Crippen LogP contribution < -0.4 is 19.5 Å². The van der Waals surface area contributed by atoms with Gasteiger partial charge in [-0.15, -0.1) is 0 Å². The number of carbonyl (C=O) groups excluding carboxylic acids is 1. The number of amides is 1. The maximum atomic E-state index is 12.4. The number of benzene rings is 2. The van der Waals surface area contributed by atoms with E-state index in [9.17, 15) is 9.59 Å². The third-order valence-electron chi connectivity index (χ3n) is 3.94. The number of ether oxygens (including phenoxy) is 3. The van der Waals surface area contributed by atoms with Gasteiger partial charge >= 0.3 is 5.97 Å². The lowest BCUT2D eigenvalue weighted by Crippen LogP contribution is -2.25. The first kappa shape index (κ1) is 20.1. The summed E-state index contributed by atoms with van der Waals surface area (Å²) < 4.78 is 15.9. The smallest absolute Gasteiger partial charge is 0.335 e. The highest BCUT2D eigenvalue weighted by molar-refractivity contribution is 5.94. The van der Waals surface area contributed by atoms with Crippen molar-refractivity contribution < 1.29 is 28.9 Å². The van der Waals surface area contributed by atoms with Crippen LogP contribution in [0.4, 0.5) is 0 Å². The van der Waals surface area contributed by atoms with Crippen molar-refractivity contribution in [3.8, 4) is 17.2 Å². The molecule has 0 radical (unpaired) electrons. The highest BCUT2D eigenvalue weighted by atomic mass is 16.5. The maximum Gasteiger partial charge on any atom is 0.335 e. The van der Waals surface area contributed by atoms with Gasteiger partial charge in [-0.1, -0.05) is 6.07 Å². The molecule has 27 heavy (non-hydrogen) atoms. The first-order chi connectivity index (χ1) is 13.0. The number of rotatable bonds is 9. The Balaban J connectivity index is 2.01. The van der Waals surface area contributed by atoms with Crippen molar-refractivity contribution in [2.75, 3.05) is 27.4 Å². The molecule has 0 saturated carbocycles. The predicted molar refractivity (Wildman–Crippen MR) is 100 cm³/mol. The molecule has 0 saturated heterocycles. The van der Waals surface area contributed by atoms with Gasteiger partial charge < -0.3 is 24.6 Å². The quantitative estimate of drug-likeness (QED) is 0.702. The number of hydrogen-bond acceptors (Lipinski definition) is 5. The van der Waals surface area contributed by atoms with Gasteiger partial charge in [0.25, 0.3) is 5.91 Å². The molecule has 0 bridgehead atoms. The van der Waals surface area contributed by atoms with E-state index in [0.29, 0.717) is 42.4 Å².